The van der Waals surface area contributed by atoms with Crippen LogP contribution in [0.3, 0.4) is 0 Å². The van der Waals surface area contributed by atoms with Crippen molar-refractivity contribution in [3.63, 3.8) is 0 Å². The number of amides is 2. The maximum Gasteiger partial charge on any atom is 0.227 e. The zero-order chi connectivity index (χ0) is 17.8. The summed E-state index contributed by atoms with van der Waals surface area (Å²) in [4.78, 5) is 28.2. The van der Waals surface area contributed by atoms with Crippen molar-refractivity contribution in [1.82, 2.24) is 30.0 Å². The van der Waals surface area contributed by atoms with Gasteiger partial charge in [0.2, 0.25) is 11.8 Å². The Morgan fingerprint density at radius 2 is 1.68 bits per heavy atom. The van der Waals surface area contributed by atoms with E-state index in [0.29, 0.717) is 32.6 Å². The van der Waals surface area contributed by atoms with Gasteiger partial charge in [-0.1, -0.05) is 26.0 Å². The molecule has 0 radical (unpaired) electrons. The van der Waals surface area contributed by atoms with Gasteiger partial charge < -0.3 is 9.80 Å². The van der Waals surface area contributed by atoms with Gasteiger partial charge in [-0.2, -0.15) is 0 Å². The number of carbonyl (C=O) groups excluding carboxylic acids is 2. The molecule has 1 aromatic heterocycles. The quantitative estimate of drug-likeness (QED) is 0.809. The molecule has 1 aliphatic heterocycles. The van der Waals surface area contributed by atoms with Gasteiger partial charge >= 0.3 is 0 Å². The van der Waals surface area contributed by atoms with Gasteiger partial charge in [0.25, 0.3) is 0 Å². The zero-order valence-corrected chi connectivity index (χ0v) is 14.5. The zero-order valence-electron chi connectivity index (χ0n) is 14.5. The molecular formula is C17H22N6O2. The third kappa shape index (κ3) is 4.01. The fraction of sp³-hybridized carbons (Fsp3) is 0.471. The van der Waals surface area contributed by atoms with Crippen molar-refractivity contribution in [3.8, 4) is 5.69 Å². The molecule has 2 amide bonds. The lowest BCUT2D eigenvalue weighted by Gasteiger charge is -2.35. The molecule has 0 bridgehead atoms. The molecular weight excluding hydrogens is 320 g/mol. The Morgan fingerprint density at radius 3 is 2.24 bits per heavy atom. The Bertz CT molecular complexity index is 718. The van der Waals surface area contributed by atoms with E-state index in [1.807, 2.05) is 47.9 Å². The lowest BCUT2D eigenvalue weighted by atomic mass is 10.1. The molecule has 1 aromatic carbocycles. The minimum Gasteiger partial charge on any atom is -0.339 e. The number of tetrazole rings is 1. The van der Waals surface area contributed by atoms with Crippen molar-refractivity contribution >= 4 is 11.8 Å². The average Bonchev–Trinajstić information content (AvgIpc) is 3.16. The van der Waals surface area contributed by atoms with E-state index in [2.05, 4.69) is 15.5 Å². The van der Waals surface area contributed by atoms with Crippen molar-refractivity contribution in [2.45, 2.75) is 20.3 Å². The third-order valence-electron chi connectivity index (χ3n) is 4.34. The number of benzene rings is 1. The fourth-order valence-electron chi connectivity index (χ4n) is 2.87. The lowest BCUT2D eigenvalue weighted by Crippen LogP contribution is -2.51. The van der Waals surface area contributed by atoms with Crippen LogP contribution in [-0.2, 0) is 16.0 Å². The SMILES string of the molecule is CC(C)C(=O)N1CCN(C(=O)Cc2ccc(-n3cnnn3)cc2)CC1. The number of hydrogen-bond donors (Lipinski definition) is 0. The molecule has 2 aromatic rings. The Morgan fingerprint density at radius 1 is 1.04 bits per heavy atom. The largest absolute Gasteiger partial charge is 0.339 e. The van der Waals surface area contributed by atoms with Crippen LogP contribution in [0, 0.1) is 5.92 Å². The average molecular weight is 342 g/mol. The molecule has 132 valence electrons. The normalized spacial score (nSPS) is 14.8. The number of nitrogens with zero attached hydrogens (tertiary/aromatic N) is 6. The van der Waals surface area contributed by atoms with Gasteiger partial charge in [0, 0.05) is 32.1 Å². The highest BCUT2D eigenvalue weighted by atomic mass is 16.2. The molecule has 0 saturated carbocycles. The number of piperazine rings is 1. The lowest BCUT2D eigenvalue weighted by molar-refractivity contribution is -0.141. The number of carbonyl (C=O) groups is 2. The second-order valence-corrected chi connectivity index (χ2v) is 6.46. The first-order valence-corrected chi connectivity index (χ1v) is 8.43. The van der Waals surface area contributed by atoms with Crippen LogP contribution in [0.2, 0.25) is 0 Å². The van der Waals surface area contributed by atoms with Crippen LogP contribution in [0.15, 0.2) is 30.6 Å². The number of rotatable bonds is 4. The Balaban J connectivity index is 1.54. The number of hydrogen-bond acceptors (Lipinski definition) is 5. The predicted molar refractivity (Wildman–Crippen MR) is 90.9 cm³/mol. The summed E-state index contributed by atoms with van der Waals surface area (Å²) in [7, 11) is 0. The molecule has 0 aliphatic carbocycles. The summed E-state index contributed by atoms with van der Waals surface area (Å²) in [5, 5.41) is 11.0. The summed E-state index contributed by atoms with van der Waals surface area (Å²) in [6.07, 6.45) is 1.88. The smallest absolute Gasteiger partial charge is 0.227 e. The summed E-state index contributed by atoms with van der Waals surface area (Å²) in [5.41, 5.74) is 1.80. The standard InChI is InChI=1S/C17H22N6O2/c1-13(2)17(25)22-9-7-21(8-10-22)16(24)11-14-3-5-15(6-4-14)23-12-18-19-20-23/h3-6,12-13H,7-11H2,1-2H3. The van der Waals surface area contributed by atoms with E-state index >= 15 is 0 Å². The maximum atomic E-state index is 12.5. The van der Waals surface area contributed by atoms with E-state index in [1.54, 1.807) is 4.68 Å². The Hall–Kier alpha value is -2.77. The van der Waals surface area contributed by atoms with Gasteiger partial charge in [-0.3, -0.25) is 9.59 Å². The first-order valence-electron chi connectivity index (χ1n) is 8.43. The monoisotopic (exact) mass is 342 g/mol. The molecule has 1 fully saturated rings. The third-order valence-corrected chi connectivity index (χ3v) is 4.34. The molecule has 1 saturated heterocycles. The topological polar surface area (TPSA) is 84.2 Å². The van der Waals surface area contributed by atoms with Crippen LogP contribution in [0.25, 0.3) is 5.69 Å². The molecule has 1 aliphatic rings. The van der Waals surface area contributed by atoms with E-state index in [9.17, 15) is 9.59 Å². The minimum absolute atomic E-state index is 0.000882. The predicted octanol–water partition coefficient (Wildman–Crippen LogP) is 0.532. The second-order valence-electron chi connectivity index (χ2n) is 6.46. The highest BCUT2D eigenvalue weighted by Crippen LogP contribution is 2.12. The Kier molecular flexibility index (Phi) is 5.06. The molecule has 0 spiro atoms. The van der Waals surface area contributed by atoms with Crippen LogP contribution in [-0.4, -0.2) is 68.0 Å². The van der Waals surface area contributed by atoms with E-state index in [1.165, 1.54) is 6.33 Å². The van der Waals surface area contributed by atoms with Crippen LogP contribution < -0.4 is 0 Å². The highest BCUT2D eigenvalue weighted by molar-refractivity contribution is 5.80. The molecule has 0 N–H and O–H groups in total. The Labute approximate surface area is 146 Å². The molecule has 0 unspecified atom stereocenters. The fourth-order valence-corrected chi connectivity index (χ4v) is 2.87. The highest BCUT2D eigenvalue weighted by Gasteiger charge is 2.25. The molecule has 3 rings (SSSR count). The van der Waals surface area contributed by atoms with Crippen LogP contribution in [0.1, 0.15) is 19.4 Å². The van der Waals surface area contributed by atoms with Gasteiger partial charge in [0.05, 0.1) is 12.1 Å². The van der Waals surface area contributed by atoms with E-state index in [4.69, 9.17) is 0 Å². The van der Waals surface area contributed by atoms with Crippen LogP contribution in [0.4, 0.5) is 0 Å². The van der Waals surface area contributed by atoms with Gasteiger partial charge in [-0.05, 0) is 28.1 Å². The first kappa shape index (κ1) is 17.1. The summed E-state index contributed by atoms with van der Waals surface area (Å²) in [5.74, 6) is 0.248. The summed E-state index contributed by atoms with van der Waals surface area (Å²) >= 11 is 0. The van der Waals surface area contributed by atoms with Crippen LogP contribution in [0.5, 0.6) is 0 Å². The molecule has 2 heterocycles. The van der Waals surface area contributed by atoms with E-state index < -0.39 is 0 Å². The van der Waals surface area contributed by atoms with Gasteiger partial charge in [-0.15, -0.1) is 5.10 Å². The summed E-state index contributed by atoms with van der Waals surface area (Å²) < 4.78 is 1.57. The van der Waals surface area contributed by atoms with Gasteiger partial charge in [0.15, 0.2) is 0 Å². The van der Waals surface area contributed by atoms with E-state index in [0.717, 1.165) is 11.3 Å². The van der Waals surface area contributed by atoms with Crippen molar-refractivity contribution in [1.29, 1.82) is 0 Å². The van der Waals surface area contributed by atoms with Crippen molar-refractivity contribution in [2.75, 3.05) is 26.2 Å². The van der Waals surface area contributed by atoms with Crippen LogP contribution >= 0.6 is 0 Å². The first-order chi connectivity index (χ1) is 12.0. The second kappa shape index (κ2) is 7.42. The van der Waals surface area contributed by atoms with Gasteiger partial charge in [-0.25, -0.2) is 4.68 Å². The molecule has 25 heavy (non-hydrogen) atoms. The van der Waals surface area contributed by atoms with Crippen molar-refractivity contribution in [2.24, 2.45) is 5.92 Å². The van der Waals surface area contributed by atoms with Crippen molar-refractivity contribution < 1.29 is 9.59 Å². The minimum atomic E-state index is 0.000882. The van der Waals surface area contributed by atoms with E-state index in [-0.39, 0.29) is 17.7 Å². The maximum absolute atomic E-state index is 12.5. The number of aromatic nitrogens is 4. The molecule has 0 atom stereocenters. The summed E-state index contributed by atoms with van der Waals surface area (Å²) in [6.45, 7) is 6.22. The molecule has 8 heteroatoms. The summed E-state index contributed by atoms with van der Waals surface area (Å²) in [6, 6.07) is 7.59. The van der Waals surface area contributed by atoms with Gasteiger partial charge in [0.1, 0.15) is 6.33 Å². The molecule has 8 nitrogen and oxygen atoms in total. The van der Waals surface area contributed by atoms with Crippen molar-refractivity contribution in [3.05, 3.63) is 36.2 Å².